The van der Waals surface area contributed by atoms with E-state index < -0.39 is 29.3 Å². The highest BCUT2D eigenvalue weighted by molar-refractivity contribution is 6.30. The summed E-state index contributed by atoms with van der Waals surface area (Å²) in [6.07, 6.45) is 3.44. The van der Waals surface area contributed by atoms with Gasteiger partial charge in [0.05, 0.1) is 23.4 Å². The molecule has 3 atom stereocenters. The first kappa shape index (κ1) is 27.5. The van der Waals surface area contributed by atoms with E-state index in [1.807, 2.05) is 32.4 Å². The zero-order chi connectivity index (χ0) is 26.9. The summed E-state index contributed by atoms with van der Waals surface area (Å²) in [5.41, 5.74) is 0.466. The van der Waals surface area contributed by atoms with Crippen LogP contribution in [0.5, 0.6) is 0 Å². The van der Waals surface area contributed by atoms with Crippen LogP contribution in [0, 0.1) is 11.2 Å². The molecule has 4 rings (SSSR count). The zero-order valence-electron chi connectivity index (χ0n) is 22.0. The standard InChI is InChI=1S/C27H37ClFN5O3/c1-27(2,3)23(26(37)30-19-8-5-6-9-21(19)35)32-25(36)22-20-15-33(4)12-7-13-34(20)24(31-22)17-14-16(28)10-11-18(17)29/h10-11,14,19,21,23,35H,5-9,12-13,15H2,1-4H3,(H,30,37)(H,32,36)/t19-,21-,23-/m1/s1. The van der Waals surface area contributed by atoms with Crippen molar-refractivity contribution in [2.75, 3.05) is 13.6 Å². The van der Waals surface area contributed by atoms with Gasteiger partial charge in [-0.15, -0.1) is 0 Å². The van der Waals surface area contributed by atoms with E-state index in [0.29, 0.717) is 42.5 Å². The van der Waals surface area contributed by atoms with E-state index in [2.05, 4.69) is 20.5 Å². The van der Waals surface area contributed by atoms with Crippen molar-refractivity contribution in [1.29, 1.82) is 0 Å². The van der Waals surface area contributed by atoms with Crippen molar-refractivity contribution in [3.8, 4) is 11.4 Å². The number of aliphatic hydroxyl groups excluding tert-OH is 1. The zero-order valence-corrected chi connectivity index (χ0v) is 22.7. The monoisotopic (exact) mass is 533 g/mol. The minimum atomic E-state index is -0.860. The van der Waals surface area contributed by atoms with Crippen LogP contribution in [0.3, 0.4) is 0 Å². The Hall–Kier alpha value is -2.49. The van der Waals surface area contributed by atoms with Gasteiger partial charge in [0.15, 0.2) is 5.69 Å². The van der Waals surface area contributed by atoms with Gasteiger partial charge in [-0.1, -0.05) is 45.2 Å². The molecule has 8 nitrogen and oxygen atoms in total. The Bertz CT molecular complexity index is 1160. The third-order valence-electron chi connectivity index (χ3n) is 7.26. The van der Waals surface area contributed by atoms with Crippen LogP contribution >= 0.6 is 11.6 Å². The third kappa shape index (κ3) is 6.16. The molecule has 2 aromatic rings. The Morgan fingerprint density at radius 2 is 1.92 bits per heavy atom. The summed E-state index contributed by atoms with van der Waals surface area (Å²) < 4.78 is 16.7. The maximum Gasteiger partial charge on any atom is 0.272 e. The number of amides is 2. The fourth-order valence-electron chi connectivity index (χ4n) is 5.20. The van der Waals surface area contributed by atoms with E-state index in [9.17, 15) is 19.1 Å². The van der Waals surface area contributed by atoms with Crippen molar-refractivity contribution >= 4 is 23.4 Å². The minimum absolute atomic E-state index is 0.169. The number of benzene rings is 1. The van der Waals surface area contributed by atoms with E-state index in [1.165, 1.54) is 18.2 Å². The smallest absolute Gasteiger partial charge is 0.272 e. The van der Waals surface area contributed by atoms with Crippen molar-refractivity contribution in [2.45, 2.75) is 84.2 Å². The Morgan fingerprint density at radius 3 is 2.62 bits per heavy atom. The van der Waals surface area contributed by atoms with Crippen molar-refractivity contribution in [1.82, 2.24) is 25.1 Å². The largest absolute Gasteiger partial charge is 0.391 e. The Kier molecular flexibility index (Phi) is 8.26. The van der Waals surface area contributed by atoms with Gasteiger partial charge in [-0.05, 0) is 56.5 Å². The molecule has 0 spiro atoms. The van der Waals surface area contributed by atoms with Gasteiger partial charge in [0.2, 0.25) is 5.91 Å². The van der Waals surface area contributed by atoms with Gasteiger partial charge in [0, 0.05) is 18.1 Å². The molecule has 1 aromatic heterocycles. The molecule has 0 unspecified atom stereocenters. The van der Waals surface area contributed by atoms with E-state index in [1.54, 1.807) is 0 Å². The normalized spacial score (nSPS) is 21.6. The summed E-state index contributed by atoms with van der Waals surface area (Å²) >= 11 is 6.17. The quantitative estimate of drug-likeness (QED) is 0.544. The molecule has 1 fully saturated rings. The van der Waals surface area contributed by atoms with Gasteiger partial charge in [-0.3, -0.25) is 9.59 Å². The number of rotatable bonds is 5. The number of hydrogen-bond acceptors (Lipinski definition) is 5. The molecule has 0 saturated heterocycles. The van der Waals surface area contributed by atoms with E-state index in [4.69, 9.17) is 11.6 Å². The van der Waals surface area contributed by atoms with Gasteiger partial charge in [-0.2, -0.15) is 0 Å². The first-order valence-electron chi connectivity index (χ1n) is 13.0. The lowest BCUT2D eigenvalue weighted by Crippen LogP contribution is -2.57. The van der Waals surface area contributed by atoms with Gasteiger partial charge >= 0.3 is 0 Å². The summed E-state index contributed by atoms with van der Waals surface area (Å²) in [5.74, 6) is -0.959. The molecular weight excluding hydrogens is 497 g/mol. The number of hydrogen-bond donors (Lipinski definition) is 3. The van der Waals surface area contributed by atoms with Crippen molar-refractivity contribution < 1.29 is 19.1 Å². The number of carbonyl (C=O) groups excluding carboxylic acids is 2. The number of fused-ring (bicyclic) bond motifs is 1. The molecule has 1 aliphatic heterocycles. The van der Waals surface area contributed by atoms with E-state index >= 15 is 0 Å². The number of imidazole rings is 1. The summed E-state index contributed by atoms with van der Waals surface area (Å²) in [5, 5.41) is 16.6. The van der Waals surface area contributed by atoms with Crippen molar-refractivity contribution in [3.63, 3.8) is 0 Å². The summed E-state index contributed by atoms with van der Waals surface area (Å²) in [7, 11) is 1.96. The first-order chi connectivity index (χ1) is 17.5. The number of halogens is 2. The van der Waals surface area contributed by atoms with Gasteiger partial charge in [-0.25, -0.2) is 9.37 Å². The van der Waals surface area contributed by atoms with Gasteiger partial charge in [0.1, 0.15) is 17.7 Å². The third-order valence-corrected chi connectivity index (χ3v) is 7.49. The Morgan fingerprint density at radius 1 is 1.19 bits per heavy atom. The highest BCUT2D eigenvalue weighted by atomic mass is 35.5. The molecule has 0 radical (unpaired) electrons. The molecule has 202 valence electrons. The second-order valence-electron chi connectivity index (χ2n) is 11.3. The van der Waals surface area contributed by atoms with Crippen LogP contribution in [0.2, 0.25) is 5.02 Å². The summed E-state index contributed by atoms with van der Waals surface area (Å²) in [4.78, 5) is 33.7. The van der Waals surface area contributed by atoms with Gasteiger partial charge < -0.3 is 25.2 Å². The van der Waals surface area contributed by atoms with Crippen molar-refractivity contribution in [2.24, 2.45) is 5.41 Å². The van der Waals surface area contributed by atoms with E-state index in [0.717, 1.165) is 25.8 Å². The maximum absolute atomic E-state index is 14.8. The number of aromatic nitrogens is 2. The maximum atomic E-state index is 14.8. The van der Waals surface area contributed by atoms with Crippen LogP contribution in [-0.4, -0.2) is 63.2 Å². The average Bonchev–Trinajstić information content (AvgIpc) is 3.05. The Labute approximate surface area is 222 Å². The van der Waals surface area contributed by atoms with E-state index in [-0.39, 0.29) is 23.2 Å². The second-order valence-corrected chi connectivity index (χ2v) is 11.8. The molecule has 37 heavy (non-hydrogen) atoms. The lowest BCUT2D eigenvalue weighted by molar-refractivity contribution is -0.127. The number of nitrogens with zero attached hydrogens (tertiary/aromatic N) is 3. The lowest BCUT2D eigenvalue weighted by atomic mass is 9.85. The fourth-order valence-corrected chi connectivity index (χ4v) is 5.37. The van der Waals surface area contributed by atoms with Crippen LogP contribution in [0.4, 0.5) is 4.39 Å². The van der Waals surface area contributed by atoms with Crippen LogP contribution in [0.25, 0.3) is 11.4 Å². The minimum Gasteiger partial charge on any atom is -0.391 e. The molecule has 1 saturated carbocycles. The Balaban J connectivity index is 1.67. The van der Waals surface area contributed by atoms with Crippen LogP contribution in [-0.2, 0) is 17.9 Å². The number of nitrogens with one attached hydrogen (secondary N) is 2. The highest BCUT2D eigenvalue weighted by Gasteiger charge is 2.37. The predicted molar refractivity (Wildman–Crippen MR) is 141 cm³/mol. The molecule has 1 aliphatic carbocycles. The summed E-state index contributed by atoms with van der Waals surface area (Å²) in [6.45, 7) is 7.48. The fraction of sp³-hybridized carbons (Fsp3) is 0.593. The van der Waals surface area contributed by atoms with Gasteiger partial charge in [0.25, 0.3) is 5.91 Å². The molecule has 2 heterocycles. The topological polar surface area (TPSA) is 99.5 Å². The summed E-state index contributed by atoms with van der Waals surface area (Å²) in [6, 6.07) is 3.09. The second kappa shape index (κ2) is 11.1. The molecule has 2 amide bonds. The molecule has 0 bridgehead atoms. The molecular formula is C27H37ClFN5O3. The predicted octanol–water partition coefficient (Wildman–Crippen LogP) is 3.74. The molecule has 1 aromatic carbocycles. The SMILES string of the molecule is CN1CCCn2c(-c3cc(Cl)ccc3F)nc(C(=O)N[C@H](C(=O)N[C@@H]3CCCC[C@H]3O)C(C)(C)C)c2C1. The van der Waals surface area contributed by atoms with Crippen LogP contribution in [0.15, 0.2) is 18.2 Å². The lowest BCUT2D eigenvalue weighted by Gasteiger charge is -2.34. The first-order valence-corrected chi connectivity index (χ1v) is 13.4. The molecule has 3 N–H and O–H groups in total. The molecule has 2 aliphatic rings. The number of aliphatic hydroxyl groups is 1. The van der Waals surface area contributed by atoms with Crippen molar-refractivity contribution in [3.05, 3.63) is 40.4 Å². The van der Waals surface area contributed by atoms with Crippen LogP contribution in [0.1, 0.15) is 69.1 Å². The van der Waals surface area contributed by atoms with Crippen LogP contribution < -0.4 is 10.6 Å². The molecule has 10 heteroatoms. The highest BCUT2D eigenvalue weighted by Crippen LogP contribution is 2.30. The number of carbonyl (C=O) groups is 2. The average molecular weight is 534 g/mol.